The van der Waals surface area contributed by atoms with Gasteiger partial charge in [-0.15, -0.1) is 0 Å². The molecular weight excluding hydrogens is 293 g/mol. The predicted octanol–water partition coefficient (Wildman–Crippen LogP) is 2.96. The van der Waals surface area contributed by atoms with E-state index in [1.54, 1.807) is 24.1 Å². The zero-order chi connectivity index (χ0) is 15.2. The Morgan fingerprint density at radius 3 is 2.81 bits per heavy atom. The molecule has 0 aromatic heterocycles. The van der Waals surface area contributed by atoms with Crippen LogP contribution in [0.2, 0.25) is 5.02 Å². The minimum Gasteiger partial charge on any atom is -0.388 e. The molecule has 3 rings (SSSR count). The second-order valence-electron chi connectivity index (χ2n) is 6.36. The lowest BCUT2D eigenvalue weighted by molar-refractivity contribution is -0.137. The van der Waals surface area contributed by atoms with Crippen molar-refractivity contribution in [1.29, 1.82) is 0 Å². The maximum Gasteiger partial charge on any atom is 0.226 e. The Morgan fingerprint density at radius 1 is 1.52 bits per heavy atom. The average Bonchev–Trinajstić information content (AvgIpc) is 3.16. The molecule has 0 radical (unpaired) electrons. The summed E-state index contributed by atoms with van der Waals surface area (Å²) in [5, 5.41) is 10.5. The summed E-state index contributed by atoms with van der Waals surface area (Å²) in [5.74, 6) is -0.722. The van der Waals surface area contributed by atoms with Crippen molar-refractivity contribution < 1.29 is 14.3 Å². The summed E-state index contributed by atoms with van der Waals surface area (Å²) in [7, 11) is 1.71. The number of nitrogens with zero attached hydrogens (tertiary/aromatic N) is 1. The molecule has 5 heteroatoms. The molecule has 0 aliphatic heterocycles. The van der Waals surface area contributed by atoms with Crippen molar-refractivity contribution in [3.63, 3.8) is 0 Å². The van der Waals surface area contributed by atoms with Crippen LogP contribution in [0.1, 0.15) is 37.2 Å². The molecule has 1 aromatic carbocycles. The second kappa shape index (κ2) is 5.25. The van der Waals surface area contributed by atoms with E-state index in [-0.39, 0.29) is 23.6 Å². The summed E-state index contributed by atoms with van der Waals surface area (Å²) in [6.07, 6.45) is 3.13. The fourth-order valence-corrected chi connectivity index (χ4v) is 3.50. The van der Waals surface area contributed by atoms with Crippen LogP contribution in [0.4, 0.5) is 4.39 Å². The standard InChI is InChI=1S/C16H19ClFNO2/c1-19(9-16(21)6-3-7-16)15(20)11-8-10(11)14-12(17)4-2-5-13(14)18/h2,4-5,10-11,21H,3,6-9H2,1H3/t10-,11+/m0/s1. The Balaban J connectivity index is 1.65. The van der Waals surface area contributed by atoms with Crippen LogP contribution in [0.25, 0.3) is 0 Å². The summed E-state index contributed by atoms with van der Waals surface area (Å²) in [6, 6.07) is 4.60. The number of carbonyl (C=O) groups excluding carboxylic acids is 1. The van der Waals surface area contributed by atoms with E-state index in [1.807, 2.05) is 0 Å². The second-order valence-corrected chi connectivity index (χ2v) is 6.76. The molecule has 21 heavy (non-hydrogen) atoms. The Labute approximate surface area is 128 Å². The molecule has 1 N–H and O–H groups in total. The van der Waals surface area contributed by atoms with E-state index >= 15 is 0 Å². The van der Waals surface area contributed by atoms with Gasteiger partial charge in [0.2, 0.25) is 5.91 Å². The topological polar surface area (TPSA) is 40.5 Å². The molecule has 0 bridgehead atoms. The molecule has 0 spiro atoms. The molecule has 0 unspecified atom stereocenters. The summed E-state index contributed by atoms with van der Waals surface area (Å²) in [4.78, 5) is 14.0. The monoisotopic (exact) mass is 311 g/mol. The van der Waals surface area contributed by atoms with E-state index in [4.69, 9.17) is 11.6 Å². The SMILES string of the molecule is CN(CC1(O)CCC1)C(=O)[C@@H]1C[C@@H]1c1c(F)cccc1Cl. The third-order valence-electron chi connectivity index (χ3n) is 4.67. The average molecular weight is 312 g/mol. The molecule has 1 aromatic rings. The molecule has 2 atom stereocenters. The van der Waals surface area contributed by atoms with E-state index in [0.717, 1.165) is 19.3 Å². The zero-order valence-electron chi connectivity index (χ0n) is 12.0. The van der Waals surface area contributed by atoms with E-state index in [9.17, 15) is 14.3 Å². The van der Waals surface area contributed by atoms with Gasteiger partial charge in [-0.1, -0.05) is 17.7 Å². The molecular formula is C16H19ClFNO2. The number of amides is 1. The lowest BCUT2D eigenvalue weighted by Crippen LogP contribution is -2.48. The van der Waals surface area contributed by atoms with Gasteiger partial charge in [0, 0.05) is 36.0 Å². The first-order valence-corrected chi connectivity index (χ1v) is 7.70. The van der Waals surface area contributed by atoms with Crippen LogP contribution in [0.15, 0.2) is 18.2 Å². The number of likely N-dealkylation sites (N-methyl/N-ethyl adjacent to an activating group) is 1. The highest BCUT2D eigenvalue weighted by Gasteiger charge is 2.48. The predicted molar refractivity (Wildman–Crippen MR) is 78.7 cm³/mol. The van der Waals surface area contributed by atoms with Gasteiger partial charge in [0.25, 0.3) is 0 Å². The van der Waals surface area contributed by atoms with Crippen molar-refractivity contribution in [1.82, 2.24) is 4.90 Å². The van der Waals surface area contributed by atoms with Crippen LogP contribution in [-0.4, -0.2) is 35.1 Å². The van der Waals surface area contributed by atoms with Gasteiger partial charge >= 0.3 is 0 Å². The van der Waals surface area contributed by atoms with E-state index < -0.39 is 5.60 Å². The van der Waals surface area contributed by atoms with Gasteiger partial charge in [0.05, 0.1) is 5.60 Å². The number of halogens is 2. The zero-order valence-corrected chi connectivity index (χ0v) is 12.7. The summed E-state index contributed by atoms with van der Waals surface area (Å²) in [6.45, 7) is 0.361. The van der Waals surface area contributed by atoms with E-state index in [2.05, 4.69) is 0 Å². The van der Waals surface area contributed by atoms with Gasteiger partial charge in [0.15, 0.2) is 0 Å². The van der Waals surface area contributed by atoms with Gasteiger partial charge in [-0.2, -0.15) is 0 Å². The number of benzene rings is 1. The minimum atomic E-state index is -0.718. The Kier molecular flexibility index (Phi) is 3.70. The van der Waals surface area contributed by atoms with E-state index in [1.165, 1.54) is 6.07 Å². The van der Waals surface area contributed by atoms with Crippen molar-refractivity contribution in [3.8, 4) is 0 Å². The van der Waals surface area contributed by atoms with Crippen molar-refractivity contribution in [2.24, 2.45) is 5.92 Å². The van der Waals surface area contributed by atoms with Crippen molar-refractivity contribution in [2.45, 2.75) is 37.2 Å². The van der Waals surface area contributed by atoms with Gasteiger partial charge in [-0.05, 0) is 37.8 Å². The van der Waals surface area contributed by atoms with Crippen LogP contribution in [0.5, 0.6) is 0 Å². The summed E-state index contributed by atoms with van der Waals surface area (Å²) in [5.41, 5.74) is -0.266. The largest absolute Gasteiger partial charge is 0.388 e. The Bertz CT molecular complexity index is 553. The highest BCUT2D eigenvalue weighted by molar-refractivity contribution is 6.31. The maximum absolute atomic E-state index is 13.9. The number of hydrogen-bond donors (Lipinski definition) is 1. The van der Waals surface area contributed by atoms with Crippen LogP contribution in [0, 0.1) is 11.7 Å². The molecule has 2 saturated carbocycles. The molecule has 2 aliphatic carbocycles. The molecule has 114 valence electrons. The third kappa shape index (κ3) is 2.79. The normalized spacial score (nSPS) is 26.1. The molecule has 0 saturated heterocycles. The first-order chi connectivity index (χ1) is 9.91. The molecule has 2 fully saturated rings. The number of hydrogen-bond acceptors (Lipinski definition) is 2. The van der Waals surface area contributed by atoms with Crippen molar-refractivity contribution >= 4 is 17.5 Å². The lowest BCUT2D eigenvalue weighted by Gasteiger charge is -2.39. The van der Waals surface area contributed by atoms with E-state index in [0.29, 0.717) is 23.6 Å². The van der Waals surface area contributed by atoms with Gasteiger partial charge in [0.1, 0.15) is 5.82 Å². The Morgan fingerprint density at radius 2 is 2.24 bits per heavy atom. The maximum atomic E-state index is 13.9. The quantitative estimate of drug-likeness (QED) is 0.928. The van der Waals surface area contributed by atoms with Crippen LogP contribution in [-0.2, 0) is 4.79 Å². The van der Waals surface area contributed by atoms with Gasteiger partial charge in [-0.25, -0.2) is 4.39 Å². The first kappa shape index (κ1) is 14.8. The number of rotatable bonds is 4. The molecule has 3 nitrogen and oxygen atoms in total. The highest BCUT2D eigenvalue weighted by Crippen LogP contribution is 2.51. The van der Waals surface area contributed by atoms with Crippen LogP contribution < -0.4 is 0 Å². The molecule has 1 amide bonds. The first-order valence-electron chi connectivity index (χ1n) is 7.32. The number of carbonyl (C=O) groups is 1. The van der Waals surface area contributed by atoms with Crippen LogP contribution >= 0.6 is 11.6 Å². The third-order valence-corrected chi connectivity index (χ3v) is 5.00. The molecule has 2 aliphatic rings. The molecule has 0 heterocycles. The fraction of sp³-hybridized carbons (Fsp3) is 0.562. The lowest BCUT2D eigenvalue weighted by atomic mass is 9.80. The fourth-order valence-electron chi connectivity index (χ4n) is 3.20. The summed E-state index contributed by atoms with van der Waals surface area (Å²) < 4.78 is 13.9. The summed E-state index contributed by atoms with van der Waals surface area (Å²) >= 11 is 6.05. The van der Waals surface area contributed by atoms with Crippen LogP contribution in [0.3, 0.4) is 0 Å². The number of aliphatic hydroxyl groups is 1. The highest BCUT2D eigenvalue weighted by atomic mass is 35.5. The van der Waals surface area contributed by atoms with Gasteiger partial charge < -0.3 is 10.0 Å². The van der Waals surface area contributed by atoms with Crippen molar-refractivity contribution in [2.75, 3.05) is 13.6 Å². The Hall–Kier alpha value is -1.13. The smallest absolute Gasteiger partial charge is 0.226 e. The minimum absolute atomic E-state index is 0.0281. The van der Waals surface area contributed by atoms with Crippen molar-refractivity contribution in [3.05, 3.63) is 34.6 Å². The van der Waals surface area contributed by atoms with Gasteiger partial charge in [-0.3, -0.25) is 4.79 Å².